The molecule has 1 fully saturated rings. The summed E-state index contributed by atoms with van der Waals surface area (Å²) in [5.74, 6) is 1.64. The average Bonchev–Trinajstić information content (AvgIpc) is 3.35. The summed E-state index contributed by atoms with van der Waals surface area (Å²) in [6.45, 7) is 12.7. The van der Waals surface area contributed by atoms with Gasteiger partial charge in [0.25, 0.3) is 0 Å². The Kier molecular flexibility index (Phi) is 13.2. The second-order valence-electron chi connectivity index (χ2n) is 15.1. The van der Waals surface area contributed by atoms with E-state index in [1.807, 2.05) is 83.1 Å². The third-order valence-electron chi connectivity index (χ3n) is 9.73. The number of anilines is 1. The fourth-order valence-corrected chi connectivity index (χ4v) is 6.84. The van der Waals surface area contributed by atoms with Gasteiger partial charge >= 0.3 is 6.09 Å². The number of nitrogens with zero attached hydrogens (tertiary/aromatic N) is 1. The van der Waals surface area contributed by atoms with E-state index in [2.05, 4.69) is 23.5 Å². The topological polar surface area (TPSA) is 105 Å². The van der Waals surface area contributed by atoms with Gasteiger partial charge in [0.15, 0.2) is 0 Å². The van der Waals surface area contributed by atoms with Crippen LogP contribution in [0, 0.1) is 0 Å². The first-order valence-electron chi connectivity index (χ1n) is 18.4. The fraction of sp³-hybridized carbons (Fsp3) is 0.524. The molecular weight excluding hydrogens is 660 g/mol. The molecule has 3 atom stereocenters. The van der Waals surface area contributed by atoms with E-state index in [-0.39, 0.29) is 30.1 Å². The molecule has 2 aliphatic rings. The van der Waals surface area contributed by atoms with Crippen LogP contribution in [0.15, 0.2) is 66.7 Å². The standard InChI is InChI=1S/C42H56N2O8/c1-41(2,3)52-40(46)44-22-21-33(29-15-18-32(19-16-29)50-25-11-24-49-28-31-12-8-9-13-36(31)48-7)38(27-44)51-37(14-10-23-47-6)30-17-20-34-35(26-30)43-39(45)42(34,4)5/h8-9,12-13,15-20,26,33,37-38H,10-11,14,21-25,27-28H2,1-7H3,(H,43,45). The molecule has 2 amide bonds. The molecule has 282 valence electrons. The Morgan fingerprint density at radius 2 is 1.75 bits per heavy atom. The molecule has 3 unspecified atom stereocenters. The van der Waals surface area contributed by atoms with Gasteiger partial charge in [-0.1, -0.05) is 42.5 Å². The molecule has 0 radical (unpaired) electrons. The molecule has 0 aliphatic carbocycles. The summed E-state index contributed by atoms with van der Waals surface area (Å²) in [6, 6.07) is 22.2. The van der Waals surface area contributed by atoms with Crippen molar-refractivity contribution >= 4 is 17.7 Å². The maximum atomic E-state index is 13.3. The maximum Gasteiger partial charge on any atom is 0.410 e. The lowest BCUT2D eigenvalue weighted by Crippen LogP contribution is -2.48. The number of ether oxygens (including phenoxy) is 6. The van der Waals surface area contributed by atoms with Gasteiger partial charge in [0, 0.05) is 43.9 Å². The largest absolute Gasteiger partial charge is 0.496 e. The molecule has 0 aromatic heterocycles. The molecule has 52 heavy (non-hydrogen) atoms. The molecule has 0 bridgehead atoms. The van der Waals surface area contributed by atoms with Crippen molar-refractivity contribution in [3.63, 3.8) is 0 Å². The zero-order valence-electron chi connectivity index (χ0n) is 31.9. The van der Waals surface area contributed by atoms with Gasteiger partial charge in [-0.25, -0.2) is 4.79 Å². The number of amides is 2. The monoisotopic (exact) mass is 716 g/mol. The van der Waals surface area contributed by atoms with Crippen LogP contribution in [-0.2, 0) is 35.8 Å². The van der Waals surface area contributed by atoms with Crippen molar-refractivity contribution in [3.05, 3.63) is 89.0 Å². The predicted molar refractivity (Wildman–Crippen MR) is 201 cm³/mol. The van der Waals surface area contributed by atoms with E-state index in [9.17, 15) is 9.59 Å². The molecule has 0 saturated carbocycles. The summed E-state index contributed by atoms with van der Waals surface area (Å²) >= 11 is 0. The third kappa shape index (κ3) is 10.1. The predicted octanol–water partition coefficient (Wildman–Crippen LogP) is 8.19. The number of piperidine rings is 1. The number of benzene rings is 3. The van der Waals surface area contributed by atoms with Crippen LogP contribution < -0.4 is 14.8 Å². The van der Waals surface area contributed by atoms with Gasteiger partial charge in [-0.05, 0) is 94.8 Å². The summed E-state index contributed by atoms with van der Waals surface area (Å²) in [5.41, 5.74) is 3.73. The summed E-state index contributed by atoms with van der Waals surface area (Å²) in [7, 11) is 3.36. The van der Waals surface area contributed by atoms with Crippen LogP contribution in [0.25, 0.3) is 0 Å². The molecule has 1 saturated heterocycles. The summed E-state index contributed by atoms with van der Waals surface area (Å²) in [6.07, 6.45) is 2.06. The SMILES string of the molecule is COCCCC(OC1CN(C(=O)OC(C)(C)C)CCC1c1ccc(OCCCOCc2ccccc2OC)cc1)c1ccc2c(c1)NC(=O)C2(C)C. The number of nitrogens with one attached hydrogen (secondary N) is 1. The van der Waals surface area contributed by atoms with Crippen LogP contribution in [0.5, 0.6) is 11.5 Å². The molecule has 10 heteroatoms. The Morgan fingerprint density at radius 3 is 2.48 bits per heavy atom. The van der Waals surface area contributed by atoms with Gasteiger partial charge in [-0.2, -0.15) is 0 Å². The minimum absolute atomic E-state index is 0.0123. The first kappa shape index (κ1) is 39.1. The maximum absolute atomic E-state index is 13.3. The smallest absolute Gasteiger partial charge is 0.410 e. The Labute approximate surface area is 309 Å². The number of para-hydroxylation sites is 1. The number of rotatable bonds is 16. The molecule has 2 aliphatic heterocycles. The quantitative estimate of drug-likeness (QED) is 0.148. The van der Waals surface area contributed by atoms with E-state index < -0.39 is 11.0 Å². The number of hydrogen-bond acceptors (Lipinski definition) is 8. The van der Waals surface area contributed by atoms with Crippen molar-refractivity contribution in [1.29, 1.82) is 0 Å². The highest BCUT2D eigenvalue weighted by Gasteiger charge is 2.40. The summed E-state index contributed by atoms with van der Waals surface area (Å²) in [5, 5.41) is 3.06. The number of carbonyl (C=O) groups excluding carboxylic acids is 2. The van der Waals surface area contributed by atoms with Crippen LogP contribution in [0.3, 0.4) is 0 Å². The van der Waals surface area contributed by atoms with Crippen molar-refractivity contribution in [1.82, 2.24) is 4.90 Å². The van der Waals surface area contributed by atoms with Crippen LogP contribution in [0.1, 0.15) is 94.6 Å². The van der Waals surface area contributed by atoms with Crippen molar-refractivity contribution in [3.8, 4) is 11.5 Å². The Bertz CT molecular complexity index is 1630. The van der Waals surface area contributed by atoms with Gasteiger partial charge in [-0.3, -0.25) is 4.79 Å². The van der Waals surface area contributed by atoms with Gasteiger partial charge in [0.05, 0.1) is 51.1 Å². The molecule has 1 N–H and O–H groups in total. The van der Waals surface area contributed by atoms with Crippen molar-refractivity contribution in [2.24, 2.45) is 0 Å². The third-order valence-corrected chi connectivity index (χ3v) is 9.73. The Hall–Kier alpha value is -4.12. The minimum Gasteiger partial charge on any atom is -0.496 e. The molecule has 2 heterocycles. The number of carbonyl (C=O) groups is 2. The van der Waals surface area contributed by atoms with Gasteiger partial charge in [0.2, 0.25) is 5.91 Å². The van der Waals surface area contributed by atoms with E-state index in [0.29, 0.717) is 45.9 Å². The van der Waals surface area contributed by atoms with E-state index in [1.165, 1.54) is 0 Å². The van der Waals surface area contributed by atoms with E-state index in [4.69, 9.17) is 28.4 Å². The lowest BCUT2D eigenvalue weighted by Gasteiger charge is -2.40. The zero-order valence-corrected chi connectivity index (χ0v) is 31.9. The first-order chi connectivity index (χ1) is 24.9. The van der Waals surface area contributed by atoms with Gasteiger partial charge in [-0.15, -0.1) is 0 Å². The highest BCUT2D eigenvalue weighted by Crippen LogP contribution is 2.41. The molecule has 10 nitrogen and oxygen atoms in total. The summed E-state index contributed by atoms with van der Waals surface area (Å²) < 4.78 is 35.5. The van der Waals surface area contributed by atoms with Gasteiger partial charge in [0.1, 0.15) is 17.1 Å². The number of likely N-dealkylation sites (tertiary alicyclic amines) is 1. The minimum atomic E-state index is -0.604. The van der Waals surface area contributed by atoms with Crippen molar-refractivity contribution < 1.29 is 38.0 Å². The van der Waals surface area contributed by atoms with Crippen molar-refractivity contribution in [2.75, 3.05) is 52.4 Å². The fourth-order valence-electron chi connectivity index (χ4n) is 6.84. The number of fused-ring (bicyclic) bond motifs is 1. The lowest BCUT2D eigenvalue weighted by atomic mass is 9.85. The van der Waals surface area contributed by atoms with Crippen LogP contribution in [0.4, 0.5) is 10.5 Å². The first-order valence-corrected chi connectivity index (χ1v) is 18.4. The van der Waals surface area contributed by atoms with E-state index in [1.54, 1.807) is 19.1 Å². The molecule has 0 spiro atoms. The highest BCUT2D eigenvalue weighted by atomic mass is 16.6. The van der Waals surface area contributed by atoms with Crippen LogP contribution >= 0.6 is 0 Å². The average molecular weight is 717 g/mol. The summed E-state index contributed by atoms with van der Waals surface area (Å²) in [4.78, 5) is 27.7. The normalized spacial score (nSPS) is 18.8. The van der Waals surface area contributed by atoms with Crippen LogP contribution in [-0.4, -0.2) is 75.7 Å². The molecule has 5 rings (SSSR count). The highest BCUT2D eigenvalue weighted by molar-refractivity contribution is 6.05. The lowest BCUT2D eigenvalue weighted by molar-refractivity contribution is -0.119. The molecule has 3 aromatic carbocycles. The molecular formula is C42H56N2O8. The second-order valence-corrected chi connectivity index (χ2v) is 15.1. The molecule has 3 aromatic rings. The Balaban J connectivity index is 1.27. The zero-order chi connectivity index (χ0) is 37.3. The van der Waals surface area contributed by atoms with Crippen molar-refractivity contribution in [2.45, 2.75) is 96.1 Å². The number of methoxy groups -OCH3 is 2. The van der Waals surface area contributed by atoms with E-state index in [0.717, 1.165) is 58.7 Å². The van der Waals surface area contributed by atoms with E-state index >= 15 is 0 Å². The van der Waals surface area contributed by atoms with Gasteiger partial charge < -0.3 is 38.6 Å². The number of hydrogen-bond donors (Lipinski definition) is 1. The Morgan fingerprint density at radius 1 is 0.981 bits per heavy atom. The van der Waals surface area contributed by atoms with Crippen LogP contribution in [0.2, 0.25) is 0 Å². The second kappa shape index (κ2) is 17.6.